The second kappa shape index (κ2) is 8.28. The number of hydrogen-bond acceptors (Lipinski definition) is 4. The number of amides is 1. The molecule has 0 fully saturated rings. The standard InChI is InChI=1S/C26H23N3O2S/c1-17-9-3-7-13-22(17)29-25(31)20-11-5-6-12-21(20)27-26(29)32-18(2)24(30)28-16-15-19-10-4-8-14-23(19)28/h3-14,18H,15-16H2,1-2H3/t18-/m0/s1. The first-order chi connectivity index (χ1) is 15.5. The lowest BCUT2D eigenvalue weighted by Gasteiger charge is -2.22. The van der Waals surface area contributed by atoms with Gasteiger partial charge in [0.15, 0.2) is 5.16 Å². The van der Waals surface area contributed by atoms with Crippen LogP contribution in [-0.2, 0) is 11.2 Å². The number of aromatic nitrogens is 2. The molecule has 0 unspecified atom stereocenters. The van der Waals surface area contributed by atoms with E-state index in [0.29, 0.717) is 22.6 Å². The zero-order valence-electron chi connectivity index (χ0n) is 18.0. The Bertz CT molecular complexity index is 1400. The van der Waals surface area contributed by atoms with Crippen LogP contribution in [0.25, 0.3) is 16.6 Å². The van der Waals surface area contributed by atoms with Crippen molar-refractivity contribution in [3.8, 4) is 5.69 Å². The molecule has 1 aromatic heterocycles. The second-order valence-corrected chi connectivity index (χ2v) is 9.28. The van der Waals surface area contributed by atoms with Crippen molar-refractivity contribution in [1.29, 1.82) is 0 Å². The van der Waals surface area contributed by atoms with Crippen molar-refractivity contribution >= 4 is 34.3 Å². The van der Waals surface area contributed by atoms with Crippen LogP contribution in [0.1, 0.15) is 18.1 Å². The molecule has 0 saturated heterocycles. The molecule has 6 heteroatoms. The molecule has 0 aliphatic carbocycles. The molecule has 1 aliphatic heterocycles. The first kappa shape index (κ1) is 20.5. The fraction of sp³-hybridized carbons (Fsp3) is 0.192. The first-order valence-electron chi connectivity index (χ1n) is 10.7. The Morgan fingerprint density at radius 3 is 2.47 bits per heavy atom. The predicted octanol–water partition coefficient (Wildman–Crippen LogP) is 4.76. The van der Waals surface area contributed by atoms with Crippen LogP contribution < -0.4 is 10.5 Å². The lowest BCUT2D eigenvalue weighted by atomic mass is 10.2. The summed E-state index contributed by atoms with van der Waals surface area (Å²) in [5.41, 5.74) is 4.44. The number of carbonyl (C=O) groups is 1. The van der Waals surface area contributed by atoms with E-state index < -0.39 is 5.25 Å². The van der Waals surface area contributed by atoms with Crippen LogP contribution in [0.4, 0.5) is 5.69 Å². The maximum absolute atomic E-state index is 13.5. The van der Waals surface area contributed by atoms with Gasteiger partial charge in [-0.25, -0.2) is 4.98 Å². The van der Waals surface area contributed by atoms with Crippen molar-refractivity contribution in [2.75, 3.05) is 11.4 Å². The van der Waals surface area contributed by atoms with E-state index in [-0.39, 0.29) is 11.5 Å². The third-order valence-electron chi connectivity index (χ3n) is 5.88. The van der Waals surface area contributed by atoms with E-state index in [9.17, 15) is 9.59 Å². The van der Waals surface area contributed by atoms with Crippen LogP contribution >= 0.6 is 11.8 Å². The van der Waals surface area contributed by atoms with Crippen molar-refractivity contribution in [3.63, 3.8) is 0 Å². The zero-order valence-corrected chi connectivity index (χ0v) is 18.8. The molecule has 5 rings (SSSR count). The van der Waals surface area contributed by atoms with Gasteiger partial charge in [0, 0.05) is 12.2 Å². The van der Waals surface area contributed by atoms with Gasteiger partial charge in [0.2, 0.25) is 5.91 Å². The van der Waals surface area contributed by atoms with Gasteiger partial charge in [-0.3, -0.25) is 14.2 Å². The smallest absolute Gasteiger partial charge is 0.266 e. The van der Waals surface area contributed by atoms with Crippen molar-refractivity contribution in [1.82, 2.24) is 9.55 Å². The molecule has 0 N–H and O–H groups in total. The highest BCUT2D eigenvalue weighted by atomic mass is 32.2. The van der Waals surface area contributed by atoms with Gasteiger partial charge in [-0.05, 0) is 55.7 Å². The Morgan fingerprint density at radius 1 is 0.969 bits per heavy atom. The van der Waals surface area contributed by atoms with Gasteiger partial charge < -0.3 is 4.90 Å². The van der Waals surface area contributed by atoms with Crippen molar-refractivity contribution < 1.29 is 4.79 Å². The molecule has 0 bridgehead atoms. The van der Waals surface area contributed by atoms with E-state index in [1.807, 2.05) is 79.4 Å². The normalized spacial score (nSPS) is 13.9. The van der Waals surface area contributed by atoms with E-state index in [4.69, 9.17) is 4.98 Å². The molecule has 1 aliphatic rings. The number of hydrogen-bond donors (Lipinski definition) is 0. The number of rotatable bonds is 4. The minimum atomic E-state index is -0.399. The summed E-state index contributed by atoms with van der Waals surface area (Å²) in [6, 6.07) is 23.1. The Morgan fingerprint density at radius 2 is 1.66 bits per heavy atom. The number of nitrogens with zero attached hydrogens (tertiary/aromatic N) is 3. The zero-order chi connectivity index (χ0) is 22.2. The number of thioether (sulfide) groups is 1. The summed E-state index contributed by atoms with van der Waals surface area (Å²) >= 11 is 1.33. The summed E-state index contributed by atoms with van der Waals surface area (Å²) < 4.78 is 1.64. The van der Waals surface area contributed by atoms with E-state index in [1.54, 1.807) is 10.6 Å². The van der Waals surface area contributed by atoms with Gasteiger partial charge in [0.25, 0.3) is 5.56 Å². The number of benzene rings is 3. The number of para-hydroxylation sites is 3. The van der Waals surface area contributed by atoms with Gasteiger partial charge in [0.05, 0.1) is 21.8 Å². The van der Waals surface area contributed by atoms with Crippen molar-refractivity contribution in [2.24, 2.45) is 0 Å². The van der Waals surface area contributed by atoms with Crippen molar-refractivity contribution in [3.05, 3.63) is 94.3 Å². The Kier molecular flexibility index (Phi) is 5.31. The van der Waals surface area contributed by atoms with E-state index in [2.05, 4.69) is 6.07 Å². The number of carbonyl (C=O) groups excluding carboxylic acids is 1. The van der Waals surface area contributed by atoms with Gasteiger partial charge in [-0.15, -0.1) is 0 Å². The summed E-state index contributed by atoms with van der Waals surface area (Å²) in [7, 11) is 0. The van der Waals surface area contributed by atoms with Gasteiger partial charge in [-0.1, -0.05) is 60.3 Å². The number of fused-ring (bicyclic) bond motifs is 2. The average Bonchev–Trinajstić information content (AvgIpc) is 3.24. The second-order valence-electron chi connectivity index (χ2n) is 7.97. The van der Waals surface area contributed by atoms with E-state index in [0.717, 1.165) is 23.4 Å². The molecule has 32 heavy (non-hydrogen) atoms. The maximum atomic E-state index is 13.5. The molecule has 0 saturated carbocycles. The molecule has 3 aromatic carbocycles. The monoisotopic (exact) mass is 441 g/mol. The molecule has 160 valence electrons. The minimum absolute atomic E-state index is 0.0266. The molecule has 5 nitrogen and oxygen atoms in total. The van der Waals surface area contributed by atoms with Gasteiger partial charge in [0.1, 0.15) is 0 Å². The Balaban J connectivity index is 1.57. The van der Waals surface area contributed by atoms with E-state index >= 15 is 0 Å². The Hall–Kier alpha value is -3.38. The van der Waals surface area contributed by atoms with Crippen LogP contribution in [0.3, 0.4) is 0 Å². The first-order valence-corrected chi connectivity index (χ1v) is 11.6. The van der Waals surface area contributed by atoms with Gasteiger partial charge >= 0.3 is 0 Å². The highest BCUT2D eigenvalue weighted by Gasteiger charge is 2.29. The lowest BCUT2D eigenvalue weighted by Crippen LogP contribution is -2.35. The van der Waals surface area contributed by atoms with Crippen LogP contribution in [0.5, 0.6) is 0 Å². The molecule has 1 atom stereocenters. The molecule has 4 aromatic rings. The fourth-order valence-electron chi connectivity index (χ4n) is 4.21. The SMILES string of the molecule is Cc1ccccc1-n1c(S[C@@H](C)C(=O)N2CCc3ccccc32)nc2ccccc2c1=O. The summed E-state index contributed by atoms with van der Waals surface area (Å²) in [5, 5.41) is 0.688. The molecular formula is C26H23N3O2S. The topological polar surface area (TPSA) is 55.2 Å². The quantitative estimate of drug-likeness (QED) is 0.338. The third-order valence-corrected chi connectivity index (χ3v) is 6.92. The summed E-state index contributed by atoms with van der Waals surface area (Å²) in [4.78, 5) is 33.5. The van der Waals surface area contributed by atoms with E-state index in [1.165, 1.54) is 17.3 Å². The summed E-state index contributed by atoms with van der Waals surface area (Å²) in [6.07, 6.45) is 0.863. The maximum Gasteiger partial charge on any atom is 0.266 e. The molecule has 2 heterocycles. The fourth-order valence-corrected chi connectivity index (χ4v) is 5.20. The Labute approximate surface area is 190 Å². The van der Waals surface area contributed by atoms with Crippen LogP contribution in [-0.4, -0.2) is 27.3 Å². The largest absolute Gasteiger partial charge is 0.311 e. The van der Waals surface area contributed by atoms with Crippen LogP contribution in [0.15, 0.2) is 82.7 Å². The highest BCUT2D eigenvalue weighted by molar-refractivity contribution is 8.00. The molecule has 0 radical (unpaired) electrons. The molecular weight excluding hydrogens is 418 g/mol. The molecule has 1 amide bonds. The predicted molar refractivity (Wildman–Crippen MR) is 130 cm³/mol. The summed E-state index contributed by atoms with van der Waals surface area (Å²) in [5.74, 6) is 0.0266. The van der Waals surface area contributed by atoms with Crippen molar-refractivity contribution in [2.45, 2.75) is 30.7 Å². The van der Waals surface area contributed by atoms with Crippen LogP contribution in [0, 0.1) is 6.92 Å². The average molecular weight is 442 g/mol. The number of aryl methyl sites for hydroxylation is 1. The highest BCUT2D eigenvalue weighted by Crippen LogP contribution is 2.32. The number of anilines is 1. The lowest BCUT2D eigenvalue weighted by molar-refractivity contribution is -0.117. The summed E-state index contributed by atoms with van der Waals surface area (Å²) in [6.45, 7) is 4.54. The molecule has 0 spiro atoms. The minimum Gasteiger partial charge on any atom is -0.311 e. The van der Waals surface area contributed by atoms with Crippen LogP contribution in [0.2, 0.25) is 0 Å². The third kappa shape index (κ3) is 3.50. The van der Waals surface area contributed by atoms with Gasteiger partial charge in [-0.2, -0.15) is 0 Å².